The molecule has 2 unspecified atom stereocenters. The number of benzene rings is 1. The van der Waals surface area contributed by atoms with Crippen LogP contribution in [0, 0.1) is 0 Å². The predicted molar refractivity (Wildman–Crippen MR) is 72.5 cm³/mol. The molecule has 18 heavy (non-hydrogen) atoms. The van der Waals surface area contributed by atoms with Crippen molar-refractivity contribution in [3.05, 3.63) is 35.9 Å². The number of nitrogens with one attached hydrogen (secondary N) is 1. The molecule has 2 atom stereocenters. The highest BCUT2D eigenvalue weighted by molar-refractivity contribution is 5.14. The Balaban J connectivity index is 1.61. The van der Waals surface area contributed by atoms with Crippen molar-refractivity contribution >= 4 is 0 Å². The fraction of sp³-hybridized carbons (Fsp3) is 0.600. The molecule has 0 spiro atoms. The molecule has 1 saturated heterocycles. The summed E-state index contributed by atoms with van der Waals surface area (Å²) >= 11 is 0. The van der Waals surface area contributed by atoms with Crippen molar-refractivity contribution in [1.82, 2.24) is 5.32 Å². The van der Waals surface area contributed by atoms with E-state index >= 15 is 0 Å². The fourth-order valence-electron chi connectivity index (χ4n) is 2.12. The van der Waals surface area contributed by atoms with E-state index in [1.54, 1.807) is 0 Å². The first-order valence-electron chi connectivity index (χ1n) is 6.81. The van der Waals surface area contributed by atoms with Crippen molar-refractivity contribution in [2.75, 3.05) is 19.9 Å². The van der Waals surface area contributed by atoms with E-state index in [-0.39, 0.29) is 0 Å². The van der Waals surface area contributed by atoms with Gasteiger partial charge in [-0.25, -0.2) is 0 Å². The van der Waals surface area contributed by atoms with Crippen LogP contribution in [0.3, 0.4) is 0 Å². The third-order valence-electron chi connectivity index (χ3n) is 3.37. The minimum Gasteiger partial charge on any atom is -0.355 e. The number of rotatable bonds is 6. The van der Waals surface area contributed by atoms with Gasteiger partial charge in [0.2, 0.25) is 0 Å². The molecule has 1 fully saturated rings. The van der Waals surface area contributed by atoms with Crippen molar-refractivity contribution in [1.29, 1.82) is 0 Å². The van der Waals surface area contributed by atoms with Crippen LogP contribution < -0.4 is 5.32 Å². The lowest BCUT2D eigenvalue weighted by Gasteiger charge is -2.24. The van der Waals surface area contributed by atoms with Gasteiger partial charge < -0.3 is 14.8 Å². The highest BCUT2D eigenvalue weighted by Crippen LogP contribution is 2.07. The molecule has 0 amide bonds. The van der Waals surface area contributed by atoms with E-state index in [0.29, 0.717) is 18.9 Å². The van der Waals surface area contributed by atoms with Crippen molar-refractivity contribution in [3.8, 4) is 0 Å². The van der Waals surface area contributed by atoms with Crippen molar-refractivity contribution in [3.63, 3.8) is 0 Å². The zero-order valence-corrected chi connectivity index (χ0v) is 11.1. The van der Waals surface area contributed by atoms with Crippen LogP contribution in [0.15, 0.2) is 30.3 Å². The van der Waals surface area contributed by atoms with Gasteiger partial charge in [0, 0.05) is 12.6 Å². The topological polar surface area (TPSA) is 30.5 Å². The molecule has 1 heterocycles. The number of hydrogen-bond donors (Lipinski definition) is 1. The van der Waals surface area contributed by atoms with E-state index in [1.807, 2.05) is 0 Å². The van der Waals surface area contributed by atoms with E-state index in [4.69, 9.17) is 9.47 Å². The monoisotopic (exact) mass is 249 g/mol. The van der Waals surface area contributed by atoms with Crippen LogP contribution in [0.2, 0.25) is 0 Å². The molecule has 0 aliphatic carbocycles. The first kappa shape index (κ1) is 13.5. The van der Waals surface area contributed by atoms with Crippen molar-refractivity contribution in [2.24, 2.45) is 0 Å². The van der Waals surface area contributed by atoms with Gasteiger partial charge in [-0.1, -0.05) is 30.3 Å². The lowest BCUT2D eigenvalue weighted by Crippen LogP contribution is -2.38. The second kappa shape index (κ2) is 7.52. The summed E-state index contributed by atoms with van der Waals surface area (Å²) < 4.78 is 10.7. The Morgan fingerprint density at radius 3 is 2.89 bits per heavy atom. The maximum absolute atomic E-state index is 5.51. The van der Waals surface area contributed by atoms with Gasteiger partial charge in [-0.2, -0.15) is 0 Å². The Hall–Kier alpha value is -0.900. The van der Waals surface area contributed by atoms with Gasteiger partial charge in [0.25, 0.3) is 0 Å². The molecule has 0 radical (unpaired) electrons. The molecule has 3 nitrogen and oxygen atoms in total. The zero-order chi connectivity index (χ0) is 12.6. The van der Waals surface area contributed by atoms with E-state index in [9.17, 15) is 0 Å². The quantitative estimate of drug-likeness (QED) is 0.839. The summed E-state index contributed by atoms with van der Waals surface area (Å²) in [5.74, 6) is 0. The molecule has 0 saturated carbocycles. The number of aryl methyl sites for hydroxylation is 1. The summed E-state index contributed by atoms with van der Waals surface area (Å²) in [4.78, 5) is 0. The maximum Gasteiger partial charge on any atom is 0.147 e. The van der Waals surface area contributed by atoms with Gasteiger partial charge >= 0.3 is 0 Å². The summed E-state index contributed by atoms with van der Waals surface area (Å²) in [6.07, 6.45) is 3.60. The summed E-state index contributed by atoms with van der Waals surface area (Å²) in [6.45, 7) is 4.44. The fourth-order valence-corrected chi connectivity index (χ4v) is 2.12. The SMILES string of the molecule is CC(CCc1ccccc1)NCC1CCOCO1. The number of ether oxygens (including phenoxy) is 2. The summed E-state index contributed by atoms with van der Waals surface area (Å²) in [5, 5.41) is 3.54. The first-order chi connectivity index (χ1) is 8.84. The van der Waals surface area contributed by atoms with E-state index in [2.05, 4.69) is 42.6 Å². The Morgan fingerprint density at radius 2 is 2.17 bits per heavy atom. The van der Waals surface area contributed by atoms with Crippen molar-refractivity contribution in [2.45, 2.75) is 38.3 Å². The van der Waals surface area contributed by atoms with E-state index in [1.165, 1.54) is 5.56 Å². The lowest BCUT2D eigenvalue weighted by atomic mass is 10.1. The molecule has 100 valence electrons. The molecule has 1 aromatic rings. The highest BCUT2D eigenvalue weighted by atomic mass is 16.7. The minimum atomic E-state index is 0.318. The van der Waals surface area contributed by atoms with Gasteiger partial charge in [0.15, 0.2) is 0 Å². The summed E-state index contributed by atoms with van der Waals surface area (Å²) in [6, 6.07) is 11.2. The van der Waals surface area contributed by atoms with E-state index in [0.717, 1.165) is 32.4 Å². The molecule has 1 aliphatic heterocycles. The van der Waals surface area contributed by atoms with Gasteiger partial charge in [0.1, 0.15) is 6.79 Å². The molecular formula is C15H23NO2. The Bertz CT molecular complexity index is 323. The second-order valence-electron chi connectivity index (χ2n) is 4.94. The highest BCUT2D eigenvalue weighted by Gasteiger charge is 2.14. The second-order valence-corrected chi connectivity index (χ2v) is 4.94. The molecule has 1 aliphatic rings. The van der Waals surface area contributed by atoms with E-state index < -0.39 is 0 Å². The Morgan fingerprint density at radius 1 is 1.33 bits per heavy atom. The average molecular weight is 249 g/mol. The largest absolute Gasteiger partial charge is 0.355 e. The lowest BCUT2D eigenvalue weighted by molar-refractivity contribution is -0.137. The van der Waals surface area contributed by atoms with Crippen LogP contribution in [0.4, 0.5) is 0 Å². The Labute approximate surface area is 109 Å². The molecule has 1 N–H and O–H groups in total. The predicted octanol–water partition coefficient (Wildman–Crippen LogP) is 2.36. The third-order valence-corrected chi connectivity index (χ3v) is 3.37. The third kappa shape index (κ3) is 4.77. The number of hydrogen-bond acceptors (Lipinski definition) is 3. The van der Waals surface area contributed by atoms with Crippen LogP contribution in [-0.4, -0.2) is 32.1 Å². The smallest absolute Gasteiger partial charge is 0.147 e. The van der Waals surface area contributed by atoms with Crippen LogP contribution >= 0.6 is 0 Å². The van der Waals surface area contributed by atoms with Crippen molar-refractivity contribution < 1.29 is 9.47 Å². The molecule has 1 aromatic carbocycles. The minimum absolute atomic E-state index is 0.318. The van der Waals surface area contributed by atoms with Crippen LogP contribution in [0.25, 0.3) is 0 Å². The molecule has 3 heteroatoms. The Kier molecular flexibility index (Phi) is 5.65. The maximum atomic E-state index is 5.51. The van der Waals surface area contributed by atoms with Crippen LogP contribution in [0.1, 0.15) is 25.3 Å². The molecule has 0 bridgehead atoms. The zero-order valence-electron chi connectivity index (χ0n) is 11.1. The van der Waals surface area contributed by atoms with Crippen LogP contribution in [-0.2, 0) is 15.9 Å². The molecule has 0 aromatic heterocycles. The molecular weight excluding hydrogens is 226 g/mol. The average Bonchev–Trinajstić information content (AvgIpc) is 2.45. The van der Waals surface area contributed by atoms with Gasteiger partial charge in [-0.15, -0.1) is 0 Å². The normalized spacial score (nSPS) is 21.7. The van der Waals surface area contributed by atoms with Gasteiger partial charge in [0.05, 0.1) is 12.7 Å². The van der Waals surface area contributed by atoms with Gasteiger partial charge in [-0.3, -0.25) is 0 Å². The summed E-state index contributed by atoms with van der Waals surface area (Å²) in [5.41, 5.74) is 1.41. The standard InChI is InChI=1S/C15H23NO2/c1-13(7-8-14-5-3-2-4-6-14)16-11-15-9-10-17-12-18-15/h2-6,13,15-16H,7-12H2,1H3. The first-order valence-corrected chi connectivity index (χ1v) is 6.81. The molecule has 2 rings (SSSR count). The van der Waals surface area contributed by atoms with Crippen LogP contribution in [0.5, 0.6) is 0 Å². The van der Waals surface area contributed by atoms with Gasteiger partial charge in [-0.05, 0) is 31.7 Å². The summed E-state index contributed by atoms with van der Waals surface area (Å²) in [7, 11) is 0.